The summed E-state index contributed by atoms with van der Waals surface area (Å²) in [4.78, 5) is 16.8. The van der Waals surface area contributed by atoms with E-state index >= 15 is 0 Å². The molecule has 0 unspecified atom stereocenters. The second-order valence-electron chi connectivity index (χ2n) is 5.98. The van der Waals surface area contributed by atoms with Crippen molar-refractivity contribution < 1.29 is 4.79 Å². The van der Waals surface area contributed by atoms with Crippen LogP contribution >= 0.6 is 11.8 Å². The number of nitrogens with zero attached hydrogens (tertiary/aromatic N) is 2. The van der Waals surface area contributed by atoms with Gasteiger partial charge in [-0.15, -0.1) is 0 Å². The average molecular weight is 353 g/mol. The molecule has 0 fully saturated rings. The van der Waals surface area contributed by atoms with Crippen molar-refractivity contribution in [3.05, 3.63) is 58.8 Å². The summed E-state index contributed by atoms with van der Waals surface area (Å²) in [5.41, 5.74) is 3.42. The summed E-state index contributed by atoms with van der Waals surface area (Å²) < 4.78 is 0. The number of amides is 1. The molecule has 1 aromatic carbocycles. The summed E-state index contributed by atoms with van der Waals surface area (Å²) >= 11 is 1.32. The second-order valence-corrected chi connectivity index (χ2v) is 6.94. The quantitative estimate of drug-likeness (QED) is 0.753. The highest BCUT2D eigenvalue weighted by Gasteiger charge is 2.15. The molecule has 1 heterocycles. The standard InChI is InChI=1S/C20H23N3OS/c1-4-8-18(16-9-6-5-7-10-16)23-19(24)13-25-20-17(12-21)14(2)11-15(3)22-20/h5-7,9-11,18H,4,8,13H2,1-3H3,(H,23,24)/t18-/m1/s1. The number of pyridine rings is 1. The minimum atomic E-state index is -0.0443. The Labute approximate surface area is 153 Å². The first-order valence-corrected chi connectivity index (χ1v) is 9.39. The van der Waals surface area contributed by atoms with E-state index in [2.05, 4.69) is 23.3 Å². The van der Waals surface area contributed by atoms with E-state index < -0.39 is 0 Å². The predicted octanol–water partition coefficient (Wildman–Crippen LogP) is 4.32. The molecule has 0 aliphatic rings. The number of benzene rings is 1. The highest BCUT2D eigenvalue weighted by Crippen LogP contribution is 2.24. The molecule has 0 aliphatic carbocycles. The van der Waals surface area contributed by atoms with Gasteiger partial charge in [0.25, 0.3) is 0 Å². The van der Waals surface area contributed by atoms with Crippen LogP contribution in [0.2, 0.25) is 0 Å². The first-order chi connectivity index (χ1) is 12.0. The van der Waals surface area contributed by atoms with E-state index in [1.165, 1.54) is 11.8 Å². The molecule has 2 rings (SSSR count). The van der Waals surface area contributed by atoms with Crippen molar-refractivity contribution >= 4 is 17.7 Å². The van der Waals surface area contributed by atoms with Crippen LogP contribution in [-0.2, 0) is 4.79 Å². The Morgan fingerprint density at radius 2 is 2.04 bits per heavy atom. The van der Waals surface area contributed by atoms with Gasteiger partial charge < -0.3 is 5.32 Å². The summed E-state index contributed by atoms with van der Waals surface area (Å²) in [6, 6.07) is 14.1. The van der Waals surface area contributed by atoms with Crippen molar-refractivity contribution in [1.82, 2.24) is 10.3 Å². The van der Waals surface area contributed by atoms with Crippen molar-refractivity contribution in [3.8, 4) is 6.07 Å². The molecular weight excluding hydrogens is 330 g/mol. The lowest BCUT2D eigenvalue weighted by atomic mass is 10.0. The fourth-order valence-electron chi connectivity index (χ4n) is 2.71. The lowest BCUT2D eigenvalue weighted by Gasteiger charge is -2.18. The Balaban J connectivity index is 2.04. The zero-order valence-corrected chi connectivity index (χ0v) is 15.7. The van der Waals surface area contributed by atoms with Gasteiger partial charge in [0.2, 0.25) is 5.91 Å². The monoisotopic (exact) mass is 353 g/mol. The van der Waals surface area contributed by atoms with Crippen molar-refractivity contribution in [2.75, 3.05) is 5.75 Å². The Morgan fingerprint density at radius 1 is 1.32 bits per heavy atom. The predicted molar refractivity (Wildman–Crippen MR) is 101 cm³/mol. The number of nitrogens with one attached hydrogen (secondary N) is 1. The Bertz CT molecular complexity index is 769. The molecule has 1 atom stereocenters. The largest absolute Gasteiger partial charge is 0.349 e. The summed E-state index contributed by atoms with van der Waals surface area (Å²) in [5.74, 6) is 0.203. The van der Waals surface area contributed by atoms with E-state index in [9.17, 15) is 10.1 Å². The third-order valence-corrected chi connectivity index (χ3v) is 4.85. The van der Waals surface area contributed by atoms with E-state index in [1.807, 2.05) is 50.2 Å². The first-order valence-electron chi connectivity index (χ1n) is 8.40. The molecule has 2 aromatic rings. The van der Waals surface area contributed by atoms with Crippen molar-refractivity contribution in [1.29, 1.82) is 5.26 Å². The Morgan fingerprint density at radius 3 is 2.68 bits per heavy atom. The molecule has 1 N–H and O–H groups in total. The molecule has 0 bridgehead atoms. The van der Waals surface area contributed by atoms with Gasteiger partial charge in [0, 0.05) is 5.69 Å². The molecule has 1 aromatic heterocycles. The zero-order valence-electron chi connectivity index (χ0n) is 14.9. The molecule has 0 radical (unpaired) electrons. The van der Waals surface area contributed by atoms with Crippen LogP contribution in [0.1, 0.15) is 48.2 Å². The van der Waals surface area contributed by atoms with Crippen LogP contribution in [0.3, 0.4) is 0 Å². The summed E-state index contributed by atoms with van der Waals surface area (Å²) in [5, 5.41) is 13.0. The molecule has 0 spiro atoms. The lowest BCUT2D eigenvalue weighted by molar-refractivity contribution is -0.119. The highest BCUT2D eigenvalue weighted by atomic mass is 32.2. The molecule has 130 valence electrons. The fraction of sp³-hybridized carbons (Fsp3) is 0.350. The van der Waals surface area contributed by atoms with Gasteiger partial charge in [0.15, 0.2) is 0 Å². The van der Waals surface area contributed by atoms with Crippen LogP contribution in [0.15, 0.2) is 41.4 Å². The molecule has 5 heteroatoms. The van der Waals surface area contributed by atoms with Crippen molar-refractivity contribution in [2.24, 2.45) is 0 Å². The van der Waals surface area contributed by atoms with Crippen LogP contribution in [0.4, 0.5) is 0 Å². The molecule has 0 saturated heterocycles. The smallest absolute Gasteiger partial charge is 0.230 e. The topological polar surface area (TPSA) is 65.8 Å². The van der Waals surface area contributed by atoms with Crippen LogP contribution in [0.5, 0.6) is 0 Å². The maximum Gasteiger partial charge on any atom is 0.230 e. The Hall–Kier alpha value is -2.32. The van der Waals surface area contributed by atoms with Gasteiger partial charge >= 0.3 is 0 Å². The SMILES string of the molecule is CCC[C@@H](NC(=O)CSc1nc(C)cc(C)c1C#N)c1ccccc1. The number of thioether (sulfide) groups is 1. The van der Waals surface area contributed by atoms with Gasteiger partial charge in [-0.25, -0.2) is 4.98 Å². The van der Waals surface area contributed by atoms with E-state index in [0.29, 0.717) is 10.6 Å². The molecule has 4 nitrogen and oxygen atoms in total. The van der Waals surface area contributed by atoms with Gasteiger partial charge in [0.1, 0.15) is 11.1 Å². The van der Waals surface area contributed by atoms with Crippen LogP contribution < -0.4 is 5.32 Å². The van der Waals surface area contributed by atoms with Gasteiger partial charge in [-0.3, -0.25) is 4.79 Å². The molecule has 0 saturated carbocycles. The minimum absolute atomic E-state index is 0.0157. The van der Waals surface area contributed by atoms with E-state index in [1.54, 1.807) is 0 Å². The number of hydrogen-bond acceptors (Lipinski definition) is 4. The normalized spacial score (nSPS) is 11.6. The van der Waals surface area contributed by atoms with Gasteiger partial charge in [-0.1, -0.05) is 55.4 Å². The number of aryl methyl sites for hydroxylation is 2. The van der Waals surface area contributed by atoms with Gasteiger partial charge in [-0.05, 0) is 37.5 Å². The van der Waals surface area contributed by atoms with Crippen LogP contribution in [0.25, 0.3) is 0 Å². The van der Waals surface area contributed by atoms with Gasteiger partial charge in [0.05, 0.1) is 17.4 Å². The number of nitriles is 1. The lowest BCUT2D eigenvalue weighted by Crippen LogP contribution is -2.30. The fourth-order valence-corrected chi connectivity index (χ4v) is 3.62. The molecule has 25 heavy (non-hydrogen) atoms. The van der Waals surface area contributed by atoms with Crippen LogP contribution in [0, 0.1) is 25.2 Å². The number of rotatable bonds is 7. The number of hydrogen-bond donors (Lipinski definition) is 1. The maximum atomic E-state index is 12.4. The van der Waals surface area contributed by atoms with Crippen molar-refractivity contribution in [2.45, 2.75) is 44.7 Å². The second kappa shape index (κ2) is 9.24. The summed E-state index contributed by atoms with van der Waals surface area (Å²) in [6.45, 7) is 5.89. The third-order valence-electron chi connectivity index (χ3n) is 3.88. The number of aromatic nitrogens is 1. The average Bonchev–Trinajstić information content (AvgIpc) is 2.60. The number of carbonyl (C=O) groups is 1. The van der Waals surface area contributed by atoms with Crippen molar-refractivity contribution in [3.63, 3.8) is 0 Å². The maximum absolute atomic E-state index is 12.4. The van der Waals surface area contributed by atoms with Crippen LogP contribution in [-0.4, -0.2) is 16.6 Å². The Kier molecular flexibility index (Phi) is 7.03. The molecular formula is C20H23N3OS. The molecule has 0 aliphatic heterocycles. The first kappa shape index (κ1) is 19.0. The van der Waals surface area contributed by atoms with Gasteiger partial charge in [-0.2, -0.15) is 5.26 Å². The van der Waals surface area contributed by atoms with E-state index in [0.717, 1.165) is 29.7 Å². The van der Waals surface area contributed by atoms with E-state index in [-0.39, 0.29) is 17.7 Å². The number of carbonyl (C=O) groups excluding carboxylic acids is 1. The third kappa shape index (κ3) is 5.33. The highest BCUT2D eigenvalue weighted by molar-refractivity contribution is 8.00. The minimum Gasteiger partial charge on any atom is -0.349 e. The summed E-state index contributed by atoms with van der Waals surface area (Å²) in [6.07, 6.45) is 1.88. The van der Waals surface area contributed by atoms with E-state index in [4.69, 9.17) is 0 Å². The molecule has 1 amide bonds. The zero-order chi connectivity index (χ0) is 18.2. The summed E-state index contributed by atoms with van der Waals surface area (Å²) in [7, 11) is 0.